The van der Waals surface area contributed by atoms with E-state index in [9.17, 15) is 4.79 Å². The summed E-state index contributed by atoms with van der Waals surface area (Å²) in [6.45, 7) is 0.207. The molecule has 4 aromatic rings. The van der Waals surface area contributed by atoms with Crippen LogP contribution in [0.15, 0.2) is 60.1 Å². The number of H-pyrrole nitrogens is 1. The zero-order valence-corrected chi connectivity index (χ0v) is 17.0. The van der Waals surface area contributed by atoms with E-state index >= 15 is 0 Å². The fourth-order valence-electron chi connectivity index (χ4n) is 3.23. The molecule has 0 saturated heterocycles. The van der Waals surface area contributed by atoms with Gasteiger partial charge in [-0.05, 0) is 48.7 Å². The van der Waals surface area contributed by atoms with Crippen molar-refractivity contribution in [2.45, 2.75) is 25.9 Å². The number of aryl methyl sites for hydroxylation is 1. The molecule has 0 saturated carbocycles. The van der Waals surface area contributed by atoms with Crippen LogP contribution < -0.4 is 4.74 Å². The number of esters is 1. The lowest BCUT2D eigenvalue weighted by atomic mass is 10.1. The van der Waals surface area contributed by atoms with Crippen molar-refractivity contribution < 1.29 is 14.3 Å². The summed E-state index contributed by atoms with van der Waals surface area (Å²) in [5.74, 6) is 0.621. The molecule has 0 radical (unpaired) electrons. The third kappa shape index (κ3) is 4.66. The second kappa shape index (κ2) is 8.92. The fraction of sp³-hybridized carbons (Fsp3) is 0.217. The molecular weight excluding hydrogens is 384 g/mol. The summed E-state index contributed by atoms with van der Waals surface area (Å²) in [7, 11) is 1.64. The molecule has 148 valence electrons. The van der Waals surface area contributed by atoms with E-state index in [2.05, 4.69) is 22.1 Å². The van der Waals surface area contributed by atoms with Crippen LogP contribution >= 0.6 is 11.3 Å². The van der Waals surface area contributed by atoms with E-state index in [-0.39, 0.29) is 12.6 Å². The lowest BCUT2D eigenvalue weighted by Gasteiger charge is -2.03. The topological polar surface area (TPSA) is 64.2 Å². The van der Waals surface area contributed by atoms with Crippen molar-refractivity contribution >= 4 is 28.2 Å². The maximum Gasteiger partial charge on any atom is 0.306 e. The van der Waals surface area contributed by atoms with Crippen molar-refractivity contribution in [2.24, 2.45) is 0 Å². The van der Waals surface area contributed by atoms with Gasteiger partial charge in [-0.1, -0.05) is 18.2 Å². The van der Waals surface area contributed by atoms with E-state index in [0.717, 1.165) is 40.4 Å². The average Bonchev–Trinajstić information content (AvgIpc) is 3.40. The molecule has 2 aromatic heterocycles. The van der Waals surface area contributed by atoms with Crippen LogP contribution in [0, 0.1) is 0 Å². The van der Waals surface area contributed by atoms with Gasteiger partial charge in [0.2, 0.25) is 0 Å². The molecule has 0 unspecified atom stereocenters. The van der Waals surface area contributed by atoms with E-state index in [1.807, 2.05) is 48.0 Å². The number of thiazole rings is 1. The third-order valence-electron chi connectivity index (χ3n) is 4.77. The standard InChI is InChI=1S/C23H22N2O3S/c1-27-19-11-9-16(10-12-19)23-25-18(15-29-23)14-28-22(26)8-4-5-17-13-24-21-7-3-2-6-20(17)21/h2-3,6-7,9-13,15,24H,4-5,8,14H2,1H3. The van der Waals surface area contributed by atoms with Crippen molar-refractivity contribution in [2.75, 3.05) is 7.11 Å². The summed E-state index contributed by atoms with van der Waals surface area (Å²) in [6, 6.07) is 16.0. The SMILES string of the molecule is COc1ccc(-c2nc(COC(=O)CCCc3c[nH]c4ccccc34)cs2)cc1. The quantitative estimate of drug-likeness (QED) is 0.400. The highest BCUT2D eigenvalue weighted by atomic mass is 32.1. The van der Waals surface area contributed by atoms with Crippen LogP contribution in [0.4, 0.5) is 0 Å². The Morgan fingerprint density at radius 1 is 1.14 bits per heavy atom. The number of fused-ring (bicyclic) bond motifs is 1. The van der Waals surface area contributed by atoms with Gasteiger partial charge in [-0.25, -0.2) is 4.98 Å². The van der Waals surface area contributed by atoms with Crippen molar-refractivity contribution in [1.82, 2.24) is 9.97 Å². The molecule has 5 nitrogen and oxygen atoms in total. The number of carbonyl (C=O) groups excluding carboxylic acids is 1. The molecule has 29 heavy (non-hydrogen) atoms. The number of ether oxygens (including phenoxy) is 2. The Kier molecular flexibility index (Phi) is 5.91. The summed E-state index contributed by atoms with van der Waals surface area (Å²) in [6.07, 6.45) is 4.02. The van der Waals surface area contributed by atoms with Crippen LogP contribution in [0.5, 0.6) is 5.75 Å². The Hall–Kier alpha value is -3.12. The number of hydrogen-bond donors (Lipinski definition) is 1. The van der Waals surface area contributed by atoms with Crippen molar-refractivity contribution in [1.29, 1.82) is 0 Å². The maximum absolute atomic E-state index is 12.1. The van der Waals surface area contributed by atoms with E-state index in [0.29, 0.717) is 6.42 Å². The van der Waals surface area contributed by atoms with Gasteiger partial charge in [-0.3, -0.25) is 4.79 Å². The first-order valence-corrected chi connectivity index (χ1v) is 10.4. The van der Waals surface area contributed by atoms with Gasteiger partial charge in [0, 0.05) is 34.5 Å². The first-order chi connectivity index (χ1) is 14.2. The minimum Gasteiger partial charge on any atom is -0.497 e. The zero-order valence-electron chi connectivity index (χ0n) is 16.2. The highest BCUT2D eigenvalue weighted by Crippen LogP contribution is 2.26. The molecule has 0 aliphatic carbocycles. The lowest BCUT2D eigenvalue weighted by Crippen LogP contribution is -2.05. The molecule has 2 aromatic carbocycles. The van der Waals surface area contributed by atoms with Gasteiger partial charge in [0.25, 0.3) is 0 Å². The molecule has 4 rings (SSSR count). The van der Waals surface area contributed by atoms with Gasteiger partial charge < -0.3 is 14.5 Å². The summed E-state index contributed by atoms with van der Waals surface area (Å²) in [5, 5.41) is 4.05. The molecule has 0 bridgehead atoms. The molecular formula is C23H22N2O3S. The second-order valence-electron chi connectivity index (χ2n) is 6.75. The normalized spacial score (nSPS) is 10.9. The van der Waals surface area contributed by atoms with E-state index in [1.54, 1.807) is 7.11 Å². The minimum atomic E-state index is -0.191. The van der Waals surface area contributed by atoms with Crippen LogP contribution in [-0.4, -0.2) is 23.0 Å². The Morgan fingerprint density at radius 2 is 1.97 bits per heavy atom. The number of carbonyl (C=O) groups is 1. The number of nitrogens with one attached hydrogen (secondary N) is 1. The van der Waals surface area contributed by atoms with Gasteiger partial charge in [-0.2, -0.15) is 0 Å². The number of hydrogen-bond acceptors (Lipinski definition) is 5. The number of aromatic nitrogens is 2. The number of rotatable bonds is 8. The highest BCUT2D eigenvalue weighted by molar-refractivity contribution is 7.13. The van der Waals surface area contributed by atoms with E-state index < -0.39 is 0 Å². The summed E-state index contributed by atoms with van der Waals surface area (Å²) in [4.78, 5) is 19.9. The van der Waals surface area contributed by atoms with Gasteiger partial charge >= 0.3 is 5.97 Å². The smallest absolute Gasteiger partial charge is 0.306 e. The van der Waals surface area contributed by atoms with Crippen LogP contribution in [-0.2, 0) is 22.6 Å². The Morgan fingerprint density at radius 3 is 2.79 bits per heavy atom. The largest absolute Gasteiger partial charge is 0.497 e. The summed E-state index contributed by atoms with van der Waals surface area (Å²) < 4.78 is 10.6. The molecule has 0 fully saturated rings. The summed E-state index contributed by atoms with van der Waals surface area (Å²) >= 11 is 1.54. The van der Waals surface area contributed by atoms with Crippen molar-refractivity contribution in [3.63, 3.8) is 0 Å². The minimum absolute atomic E-state index is 0.191. The first kappa shape index (κ1) is 19.2. The van der Waals surface area contributed by atoms with Gasteiger partial charge in [-0.15, -0.1) is 11.3 Å². The molecule has 6 heteroatoms. The molecule has 1 N–H and O–H groups in total. The van der Waals surface area contributed by atoms with Gasteiger partial charge in [0.15, 0.2) is 0 Å². The molecule has 0 spiro atoms. The first-order valence-electron chi connectivity index (χ1n) is 9.52. The third-order valence-corrected chi connectivity index (χ3v) is 5.71. The Balaban J connectivity index is 1.25. The molecule has 2 heterocycles. The molecule has 0 aliphatic rings. The number of methoxy groups -OCH3 is 1. The van der Waals surface area contributed by atoms with Crippen LogP contribution in [0.2, 0.25) is 0 Å². The van der Waals surface area contributed by atoms with Gasteiger partial charge in [0.05, 0.1) is 12.8 Å². The molecule has 0 aliphatic heterocycles. The average molecular weight is 407 g/mol. The monoisotopic (exact) mass is 406 g/mol. The predicted octanol–water partition coefficient (Wildman–Crippen LogP) is 5.37. The lowest BCUT2D eigenvalue weighted by molar-refractivity contribution is -0.145. The highest BCUT2D eigenvalue weighted by Gasteiger charge is 2.09. The second-order valence-corrected chi connectivity index (χ2v) is 7.60. The van der Waals surface area contributed by atoms with Gasteiger partial charge in [0.1, 0.15) is 17.4 Å². The van der Waals surface area contributed by atoms with Crippen LogP contribution in [0.25, 0.3) is 21.5 Å². The van der Waals surface area contributed by atoms with E-state index in [4.69, 9.17) is 9.47 Å². The molecule has 0 amide bonds. The van der Waals surface area contributed by atoms with Crippen molar-refractivity contribution in [3.05, 3.63) is 71.4 Å². The predicted molar refractivity (Wildman–Crippen MR) is 115 cm³/mol. The van der Waals surface area contributed by atoms with Crippen LogP contribution in [0.1, 0.15) is 24.1 Å². The maximum atomic E-state index is 12.1. The van der Waals surface area contributed by atoms with Crippen molar-refractivity contribution in [3.8, 4) is 16.3 Å². The number of nitrogens with zero attached hydrogens (tertiary/aromatic N) is 1. The van der Waals surface area contributed by atoms with Crippen LogP contribution in [0.3, 0.4) is 0 Å². The Bertz CT molecular complexity index is 1100. The Labute approximate surface area is 173 Å². The number of aromatic amines is 1. The number of benzene rings is 2. The molecule has 0 atom stereocenters. The zero-order chi connectivity index (χ0) is 20.1. The van der Waals surface area contributed by atoms with E-state index in [1.165, 1.54) is 22.3 Å². The number of para-hydroxylation sites is 1. The fourth-order valence-corrected chi connectivity index (χ4v) is 4.04. The summed E-state index contributed by atoms with van der Waals surface area (Å²) in [5.41, 5.74) is 4.15.